The van der Waals surface area contributed by atoms with Crippen LogP contribution in [0.4, 0.5) is 4.39 Å². The second-order valence-corrected chi connectivity index (χ2v) is 1.65. The quantitative estimate of drug-likeness (QED) is 0.467. The van der Waals surface area contributed by atoms with Crippen molar-refractivity contribution in [3.63, 3.8) is 0 Å². The Morgan fingerprint density at radius 3 is 2.29 bits per heavy atom. The molecule has 0 atom stereocenters. The zero-order valence-electron chi connectivity index (χ0n) is 4.04. The van der Waals surface area contributed by atoms with Crippen molar-refractivity contribution in [2.75, 3.05) is 0 Å². The van der Waals surface area contributed by atoms with Gasteiger partial charge in [-0.3, -0.25) is 0 Å². The monoisotopic (exact) mass is 120 g/mol. The van der Waals surface area contributed by atoms with Crippen LogP contribution >= 0.6 is 11.6 Å². The van der Waals surface area contributed by atoms with Crippen LogP contribution < -0.4 is 0 Å². The molecule has 7 heavy (non-hydrogen) atoms. The van der Waals surface area contributed by atoms with Crippen LogP contribution in [0.2, 0.25) is 0 Å². The molecule has 0 aliphatic rings. The lowest BCUT2D eigenvalue weighted by Crippen LogP contribution is -1.63. The normalized spacial score (nSPS) is 13.0. The largest absolute Gasteiger partial charge is 0.206 e. The highest BCUT2D eigenvalue weighted by molar-refractivity contribution is 6.29. The minimum absolute atomic E-state index is 0.148. The lowest BCUT2D eigenvalue weighted by atomic mass is 10.5. The van der Waals surface area contributed by atoms with E-state index in [1.807, 2.05) is 0 Å². The van der Waals surface area contributed by atoms with Crippen molar-refractivity contribution in [2.45, 2.75) is 6.92 Å². The Labute approximate surface area is 47.3 Å². The van der Waals surface area contributed by atoms with Crippen molar-refractivity contribution in [3.05, 3.63) is 23.5 Å². The molecule has 0 radical (unpaired) electrons. The van der Waals surface area contributed by atoms with E-state index in [0.29, 0.717) is 0 Å². The van der Waals surface area contributed by atoms with Gasteiger partial charge >= 0.3 is 0 Å². The van der Waals surface area contributed by atoms with Gasteiger partial charge in [-0.1, -0.05) is 18.2 Å². The third kappa shape index (κ3) is 2.40. The van der Waals surface area contributed by atoms with E-state index in [-0.39, 0.29) is 5.03 Å². The summed E-state index contributed by atoms with van der Waals surface area (Å²) in [5.74, 6) is -0.457. The third-order valence-electron chi connectivity index (χ3n) is 0.508. The molecule has 0 bridgehead atoms. The molecule has 0 aromatic heterocycles. The van der Waals surface area contributed by atoms with Gasteiger partial charge in [-0.05, 0) is 13.0 Å². The van der Waals surface area contributed by atoms with E-state index < -0.39 is 5.83 Å². The molecule has 0 saturated heterocycles. The van der Waals surface area contributed by atoms with Gasteiger partial charge in [-0.15, -0.1) is 0 Å². The Morgan fingerprint density at radius 2 is 2.29 bits per heavy atom. The number of allylic oxidation sites excluding steroid dienone is 3. The molecular formula is C5H6ClF. The second-order valence-electron chi connectivity index (χ2n) is 1.09. The fourth-order valence-electron chi connectivity index (χ4n) is 0.141. The number of hydrogen-bond acceptors (Lipinski definition) is 0. The van der Waals surface area contributed by atoms with Gasteiger partial charge in [0.1, 0.15) is 5.83 Å². The zero-order chi connectivity index (χ0) is 5.86. The van der Waals surface area contributed by atoms with Gasteiger partial charge in [0.05, 0.1) is 5.03 Å². The zero-order valence-corrected chi connectivity index (χ0v) is 4.80. The van der Waals surface area contributed by atoms with Crippen molar-refractivity contribution in [1.82, 2.24) is 0 Å². The highest BCUT2D eigenvalue weighted by Gasteiger charge is 1.87. The van der Waals surface area contributed by atoms with E-state index in [1.165, 1.54) is 6.92 Å². The molecule has 0 N–H and O–H groups in total. The maximum Gasteiger partial charge on any atom is 0.136 e. The fraction of sp³-hybridized carbons (Fsp3) is 0.200. The molecular weight excluding hydrogens is 115 g/mol. The summed E-state index contributed by atoms with van der Waals surface area (Å²) in [5.41, 5.74) is 0. The van der Waals surface area contributed by atoms with Crippen LogP contribution in [-0.4, -0.2) is 0 Å². The van der Waals surface area contributed by atoms with Crippen LogP contribution in [0.25, 0.3) is 0 Å². The molecule has 0 heterocycles. The molecule has 0 nitrogen and oxygen atoms in total. The third-order valence-corrected chi connectivity index (χ3v) is 0.689. The summed E-state index contributed by atoms with van der Waals surface area (Å²) in [5, 5.41) is 0.148. The summed E-state index contributed by atoms with van der Waals surface area (Å²) in [6.07, 6.45) is 1.07. The van der Waals surface area contributed by atoms with E-state index in [1.54, 1.807) is 0 Å². The predicted octanol–water partition coefficient (Wildman–Crippen LogP) is 2.61. The molecule has 0 aliphatic carbocycles. The predicted molar refractivity (Wildman–Crippen MR) is 29.9 cm³/mol. The summed E-state index contributed by atoms with van der Waals surface area (Å²) in [7, 11) is 0. The Morgan fingerprint density at radius 1 is 1.86 bits per heavy atom. The SMILES string of the molecule is C=C/C(F)=C(\C)Cl. The molecule has 0 aromatic carbocycles. The van der Waals surface area contributed by atoms with Crippen molar-refractivity contribution in [1.29, 1.82) is 0 Å². The number of hydrogen-bond donors (Lipinski definition) is 0. The first-order valence-electron chi connectivity index (χ1n) is 1.82. The molecule has 0 aromatic rings. The molecule has 0 amide bonds. The van der Waals surface area contributed by atoms with E-state index >= 15 is 0 Å². The Kier molecular flexibility index (Phi) is 2.68. The standard InChI is InChI=1S/C5H6ClF/c1-3-5(7)4(2)6/h3H,1H2,2H3/b5-4-. The smallest absolute Gasteiger partial charge is 0.136 e. The molecule has 2 heteroatoms. The van der Waals surface area contributed by atoms with E-state index in [2.05, 4.69) is 6.58 Å². The van der Waals surface area contributed by atoms with Crippen LogP contribution in [0.1, 0.15) is 6.92 Å². The average Bonchev–Trinajstić information content (AvgIpc) is 1.65. The molecule has 0 spiro atoms. The lowest BCUT2D eigenvalue weighted by Gasteiger charge is -1.82. The van der Waals surface area contributed by atoms with Gasteiger partial charge in [-0.2, -0.15) is 0 Å². The van der Waals surface area contributed by atoms with Crippen LogP contribution in [0.15, 0.2) is 23.5 Å². The van der Waals surface area contributed by atoms with E-state index in [0.717, 1.165) is 6.08 Å². The second kappa shape index (κ2) is 2.80. The van der Waals surface area contributed by atoms with Gasteiger partial charge in [0.15, 0.2) is 0 Å². The average molecular weight is 121 g/mol. The van der Waals surface area contributed by atoms with Gasteiger partial charge in [0, 0.05) is 0 Å². The van der Waals surface area contributed by atoms with Crippen LogP contribution in [0.5, 0.6) is 0 Å². The Balaban J connectivity index is 3.98. The van der Waals surface area contributed by atoms with Gasteiger partial charge in [0.2, 0.25) is 0 Å². The van der Waals surface area contributed by atoms with Gasteiger partial charge < -0.3 is 0 Å². The minimum atomic E-state index is -0.457. The summed E-state index contributed by atoms with van der Waals surface area (Å²) in [6, 6.07) is 0. The topological polar surface area (TPSA) is 0 Å². The van der Waals surface area contributed by atoms with Crippen molar-refractivity contribution in [2.24, 2.45) is 0 Å². The number of halogens is 2. The van der Waals surface area contributed by atoms with E-state index in [9.17, 15) is 4.39 Å². The number of rotatable bonds is 1. The highest BCUT2D eigenvalue weighted by Crippen LogP contribution is 2.08. The fourth-order valence-corrected chi connectivity index (χ4v) is 0.218. The van der Waals surface area contributed by atoms with Gasteiger partial charge in [0.25, 0.3) is 0 Å². The Bertz CT molecular complexity index is 101. The first-order chi connectivity index (χ1) is 3.18. The van der Waals surface area contributed by atoms with Gasteiger partial charge in [-0.25, -0.2) is 4.39 Å². The maximum absolute atomic E-state index is 11.9. The Hall–Kier alpha value is -0.300. The minimum Gasteiger partial charge on any atom is -0.206 e. The molecule has 0 fully saturated rings. The lowest BCUT2D eigenvalue weighted by molar-refractivity contribution is 0.662. The maximum atomic E-state index is 11.9. The summed E-state index contributed by atoms with van der Waals surface area (Å²) in [4.78, 5) is 0. The summed E-state index contributed by atoms with van der Waals surface area (Å²) in [6.45, 7) is 4.64. The highest BCUT2D eigenvalue weighted by atomic mass is 35.5. The van der Waals surface area contributed by atoms with Crippen molar-refractivity contribution in [3.8, 4) is 0 Å². The van der Waals surface area contributed by atoms with E-state index in [4.69, 9.17) is 11.6 Å². The van der Waals surface area contributed by atoms with Crippen molar-refractivity contribution < 1.29 is 4.39 Å². The molecule has 0 saturated carbocycles. The first kappa shape index (κ1) is 6.70. The van der Waals surface area contributed by atoms with Crippen LogP contribution in [0.3, 0.4) is 0 Å². The molecule has 40 valence electrons. The van der Waals surface area contributed by atoms with Crippen LogP contribution in [-0.2, 0) is 0 Å². The van der Waals surface area contributed by atoms with Crippen molar-refractivity contribution >= 4 is 11.6 Å². The molecule has 0 aliphatic heterocycles. The van der Waals surface area contributed by atoms with Crippen LogP contribution in [0, 0.1) is 0 Å². The first-order valence-corrected chi connectivity index (χ1v) is 2.20. The summed E-state index contributed by atoms with van der Waals surface area (Å²) >= 11 is 5.16. The molecule has 0 rings (SSSR count). The summed E-state index contributed by atoms with van der Waals surface area (Å²) < 4.78 is 11.9. The molecule has 0 unspecified atom stereocenters.